The Balaban J connectivity index is 0.00000208. The fourth-order valence-electron chi connectivity index (χ4n) is 2.62. The predicted octanol–water partition coefficient (Wildman–Crippen LogP) is 1.93. The highest BCUT2D eigenvalue weighted by atomic mass is 35.5. The van der Waals surface area contributed by atoms with Gasteiger partial charge >= 0.3 is 0 Å². The first-order valence-corrected chi connectivity index (χ1v) is 7.37. The molecule has 0 amide bonds. The van der Waals surface area contributed by atoms with Gasteiger partial charge in [-0.05, 0) is 18.1 Å². The Morgan fingerprint density at radius 3 is 2.92 bits per heavy atom. The number of carbonyl (C=O) groups is 1. The van der Waals surface area contributed by atoms with Crippen molar-refractivity contribution >= 4 is 24.0 Å². The van der Waals surface area contributed by atoms with E-state index in [1.807, 2.05) is 31.2 Å². The summed E-state index contributed by atoms with van der Waals surface area (Å²) in [5.41, 5.74) is 7.52. The van der Waals surface area contributed by atoms with Crippen LogP contribution in [0.2, 0.25) is 0 Å². The normalized spacial score (nSPS) is 20.0. The number of halogens is 1. The lowest BCUT2D eigenvalue weighted by Crippen LogP contribution is -2.37. The van der Waals surface area contributed by atoms with Crippen LogP contribution in [-0.2, 0) is 16.7 Å². The van der Waals surface area contributed by atoms with E-state index in [9.17, 15) is 4.79 Å². The second-order valence-corrected chi connectivity index (χ2v) is 5.76. The number of rotatable bonds is 4. The molecule has 24 heavy (non-hydrogen) atoms. The summed E-state index contributed by atoms with van der Waals surface area (Å²) >= 11 is 0. The highest BCUT2D eigenvalue weighted by Crippen LogP contribution is 2.29. The maximum atomic E-state index is 12.3. The number of hydrogen-bond donors (Lipinski definition) is 1. The smallest absolute Gasteiger partial charge is 0.187 e. The fraction of sp³-hybridized carbons (Fsp3) is 0.294. The molecule has 3 rings (SSSR count). The lowest BCUT2D eigenvalue weighted by molar-refractivity contribution is 0.0987. The zero-order chi connectivity index (χ0) is 16.3. The van der Waals surface area contributed by atoms with Crippen LogP contribution in [-0.4, -0.2) is 34.8 Å². The number of amidine groups is 1. The maximum absolute atomic E-state index is 12.3. The monoisotopic (exact) mass is 346 g/mol. The van der Waals surface area contributed by atoms with Gasteiger partial charge in [-0.25, -0.2) is 4.98 Å². The molecule has 0 saturated carbocycles. The summed E-state index contributed by atoms with van der Waals surface area (Å²) in [6, 6.07) is 7.78. The molecule has 1 unspecified atom stereocenters. The molecule has 0 bridgehead atoms. The quantitative estimate of drug-likeness (QED) is 0.854. The summed E-state index contributed by atoms with van der Waals surface area (Å²) in [7, 11) is 0. The molecule has 0 aliphatic carbocycles. The van der Waals surface area contributed by atoms with E-state index in [2.05, 4.69) is 15.0 Å². The van der Waals surface area contributed by atoms with Gasteiger partial charge < -0.3 is 10.5 Å². The Bertz CT molecular complexity index is 751. The number of ether oxygens (including phenoxy) is 1. The van der Waals surface area contributed by atoms with E-state index >= 15 is 0 Å². The van der Waals surface area contributed by atoms with Crippen molar-refractivity contribution in [2.75, 3.05) is 13.2 Å². The van der Waals surface area contributed by atoms with Gasteiger partial charge in [0.25, 0.3) is 0 Å². The second kappa shape index (κ2) is 7.51. The molecule has 2 aromatic rings. The molecular formula is C17H19ClN4O2. The summed E-state index contributed by atoms with van der Waals surface area (Å²) in [6.07, 6.45) is 4.81. The third-order valence-electron chi connectivity index (χ3n) is 3.79. The lowest BCUT2D eigenvalue weighted by atomic mass is 9.90. The number of nitrogens with two attached hydrogens (primary N) is 1. The van der Waals surface area contributed by atoms with Gasteiger partial charge in [-0.3, -0.25) is 14.8 Å². The van der Waals surface area contributed by atoms with Crippen LogP contribution in [0, 0.1) is 0 Å². The Kier molecular flexibility index (Phi) is 5.64. The molecule has 126 valence electrons. The topological polar surface area (TPSA) is 90.5 Å². The molecule has 6 nitrogen and oxygen atoms in total. The summed E-state index contributed by atoms with van der Waals surface area (Å²) in [4.78, 5) is 24.8. The van der Waals surface area contributed by atoms with Crippen LogP contribution in [0.15, 0.2) is 47.8 Å². The van der Waals surface area contributed by atoms with Crippen LogP contribution < -0.4 is 5.73 Å². The van der Waals surface area contributed by atoms with Crippen molar-refractivity contribution < 1.29 is 9.53 Å². The Labute approximate surface area is 146 Å². The van der Waals surface area contributed by atoms with Crippen molar-refractivity contribution in [3.8, 4) is 0 Å². The minimum absolute atomic E-state index is 0. The molecule has 0 saturated heterocycles. The molecule has 7 heteroatoms. The molecule has 0 spiro atoms. The van der Waals surface area contributed by atoms with Crippen LogP contribution in [0.5, 0.6) is 0 Å². The Morgan fingerprint density at radius 1 is 1.38 bits per heavy atom. The first kappa shape index (κ1) is 18.0. The number of ketones is 1. The molecule has 2 N–H and O–H groups in total. The molecule has 2 heterocycles. The van der Waals surface area contributed by atoms with Gasteiger partial charge in [0.15, 0.2) is 5.78 Å². The van der Waals surface area contributed by atoms with E-state index in [0.29, 0.717) is 24.7 Å². The van der Waals surface area contributed by atoms with Crippen molar-refractivity contribution in [1.29, 1.82) is 0 Å². The Hall–Kier alpha value is -2.31. The predicted molar refractivity (Wildman–Crippen MR) is 93.5 cm³/mol. The van der Waals surface area contributed by atoms with E-state index < -0.39 is 5.54 Å². The molecule has 1 atom stereocenters. The highest BCUT2D eigenvalue weighted by molar-refractivity contribution is 5.95. The van der Waals surface area contributed by atoms with Gasteiger partial charge in [-0.15, -0.1) is 12.4 Å². The maximum Gasteiger partial charge on any atom is 0.187 e. The van der Waals surface area contributed by atoms with Crippen LogP contribution >= 0.6 is 12.4 Å². The first-order valence-electron chi connectivity index (χ1n) is 7.37. The van der Waals surface area contributed by atoms with E-state index in [-0.39, 0.29) is 24.6 Å². The number of carbonyl (C=O) groups excluding carboxylic acids is 1. The number of aromatic nitrogens is 2. The van der Waals surface area contributed by atoms with Crippen molar-refractivity contribution in [2.24, 2.45) is 10.7 Å². The first-order chi connectivity index (χ1) is 11.1. The van der Waals surface area contributed by atoms with Crippen LogP contribution in [0.3, 0.4) is 0 Å². The van der Waals surface area contributed by atoms with Gasteiger partial charge in [0.2, 0.25) is 0 Å². The van der Waals surface area contributed by atoms with E-state index in [1.54, 1.807) is 6.20 Å². The Morgan fingerprint density at radius 2 is 2.21 bits per heavy atom. The largest absolute Gasteiger partial charge is 0.386 e. The van der Waals surface area contributed by atoms with Gasteiger partial charge in [0, 0.05) is 18.8 Å². The minimum atomic E-state index is -0.520. The number of aliphatic imine (C=N–C) groups is 1. The minimum Gasteiger partial charge on any atom is -0.386 e. The van der Waals surface area contributed by atoms with Gasteiger partial charge in [-0.2, -0.15) is 0 Å². The summed E-state index contributed by atoms with van der Waals surface area (Å²) in [6.45, 7) is 2.80. The van der Waals surface area contributed by atoms with E-state index in [0.717, 1.165) is 11.1 Å². The van der Waals surface area contributed by atoms with Crippen LogP contribution in [0.1, 0.15) is 28.5 Å². The SMILES string of the molecule is CC1(c2cccc(CC(=O)c3cnccn3)c2)COCC(N)=N1.Cl. The van der Waals surface area contributed by atoms with Gasteiger partial charge in [0.05, 0.1) is 12.8 Å². The molecule has 1 aromatic heterocycles. The summed E-state index contributed by atoms with van der Waals surface area (Å²) in [5.74, 6) is 0.420. The zero-order valence-corrected chi connectivity index (χ0v) is 14.1. The van der Waals surface area contributed by atoms with Crippen LogP contribution in [0.4, 0.5) is 0 Å². The van der Waals surface area contributed by atoms with Crippen molar-refractivity contribution in [3.05, 3.63) is 59.7 Å². The molecule has 1 aromatic carbocycles. The van der Waals surface area contributed by atoms with Gasteiger partial charge in [0.1, 0.15) is 23.7 Å². The molecule has 1 aliphatic rings. The molecular weight excluding hydrogens is 328 g/mol. The second-order valence-electron chi connectivity index (χ2n) is 5.76. The van der Waals surface area contributed by atoms with E-state index in [1.165, 1.54) is 12.4 Å². The molecule has 1 aliphatic heterocycles. The van der Waals surface area contributed by atoms with Crippen molar-refractivity contribution in [1.82, 2.24) is 9.97 Å². The lowest BCUT2D eigenvalue weighted by Gasteiger charge is -2.30. The standard InChI is InChI=1S/C17H18N4O2.ClH/c1-17(11-23-10-16(18)21-17)13-4-2-3-12(7-13)8-15(22)14-9-19-5-6-20-14;/h2-7,9H,8,10-11H2,1H3,(H2,18,21);1H. The third kappa shape index (κ3) is 3.96. The average Bonchev–Trinajstić information content (AvgIpc) is 2.56. The molecule has 0 fully saturated rings. The number of hydrogen-bond acceptors (Lipinski definition) is 6. The molecule has 0 radical (unpaired) electrons. The zero-order valence-electron chi connectivity index (χ0n) is 13.3. The number of benzene rings is 1. The fourth-order valence-corrected chi connectivity index (χ4v) is 2.62. The highest BCUT2D eigenvalue weighted by Gasteiger charge is 2.30. The van der Waals surface area contributed by atoms with Crippen molar-refractivity contribution in [2.45, 2.75) is 18.9 Å². The van der Waals surface area contributed by atoms with E-state index in [4.69, 9.17) is 10.5 Å². The van der Waals surface area contributed by atoms with Crippen molar-refractivity contribution in [3.63, 3.8) is 0 Å². The summed E-state index contributed by atoms with van der Waals surface area (Å²) < 4.78 is 5.50. The number of Topliss-reactive ketones (excluding diaryl/α,β-unsaturated/α-hetero) is 1. The third-order valence-corrected chi connectivity index (χ3v) is 3.79. The number of nitrogens with zero attached hydrogens (tertiary/aromatic N) is 3. The summed E-state index contributed by atoms with van der Waals surface area (Å²) in [5, 5.41) is 0. The van der Waals surface area contributed by atoms with Crippen LogP contribution in [0.25, 0.3) is 0 Å². The average molecular weight is 347 g/mol. The van der Waals surface area contributed by atoms with Gasteiger partial charge in [-0.1, -0.05) is 24.3 Å².